The van der Waals surface area contributed by atoms with E-state index in [1.165, 1.54) is 18.4 Å². The second-order valence-electron chi connectivity index (χ2n) is 14.5. The van der Waals surface area contributed by atoms with Crippen LogP contribution in [0.4, 0.5) is 0 Å². The van der Waals surface area contributed by atoms with Gasteiger partial charge in [-0.05, 0) is 109 Å². The summed E-state index contributed by atoms with van der Waals surface area (Å²) in [5.74, 6) is 1.82. The average molecular weight is 457 g/mol. The van der Waals surface area contributed by atoms with Crippen LogP contribution in [0.5, 0.6) is 0 Å². The molecule has 4 saturated carbocycles. The third kappa shape index (κ3) is 2.75. The molecule has 0 bridgehead atoms. The molecule has 186 valence electrons. The van der Waals surface area contributed by atoms with Gasteiger partial charge in [0.1, 0.15) is 0 Å². The third-order valence-electron chi connectivity index (χ3n) is 13.4. The number of aliphatic hydroxyl groups excluding tert-OH is 1. The molecule has 33 heavy (non-hydrogen) atoms. The molecule has 0 amide bonds. The predicted molar refractivity (Wildman–Crippen MR) is 133 cm³/mol. The first-order chi connectivity index (χ1) is 15.3. The molecule has 0 aliphatic heterocycles. The van der Waals surface area contributed by atoms with Crippen LogP contribution in [0.25, 0.3) is 0 Å². The minimum Gasteiger partial charge on any atom is -0.481 e. The number of carboxylic acid groups (broad SMARTS) is 1. The number of aliphatic carboxylic acids is 1. The van der Waals surface area contributed by atoms with Gasteiger partial charge in [-0.25, -0.2) is 0 Å². The van der Waals surface area contributed by atoms with Crippen molar-refractivity contribution in [1.82, 2.24) is 0 Å². The summed E-state index contributed by atoms with van der Waals surface area (Å²) < 4.78 is 0. The molecular formula is C30H48O3. The quantitative estimate of drug-likeness (QED) is 0.414. The van der Waals surface area contributed by atoms with E-state index in [-0.39, 0.29) is 33.7 Å². The maximum absolute atomic E-state index is 12.8. The lowest BCUT2D eigenvalue weighted by molar-refractivity contribution is -0.206. The number of fused-ring (bicyclic) bond motifs is 7. The first-order valence-electron chi connectivity index (χ1n) is 13.9. The molecule has 0 aromatic rings. The van der Waals surface area contributed by atoms with Crippen LogP contribution in [-0.4, -0.2) is 22.3 Å². The Labute approximate surface area is 201 Å². The molecule has 3 nitrogen and oxygen atoms in total. The lowest BCUT2D eigenvalue weighted by atomic mass is 9.33. The van der Waals surface area contributed by atoms with Crippen LogP contribution in [0.2, 0.25) is 0 Å². The van der Waals surface area contributed by atoms with Gasteiger partial charge in [-0.2, -0.15) is 0 Å². The first-order valence-corrected chi connectivity index (χ1v) is 13.9. The Morgan fingerprint density at radius 1 is 0.909 bits per heavy atom. The van der Waals surface area contributed by atoms with Gasteiger partial charge >= 0.3 is 5.97 Å². The van der Waals surface area contributed by atoms with Crippen molar-refractivity contribution in [2.75, 3.05) is 0 Å². The highest BCUT2D eigenvalue weighted by atomic mass is 16.4. The summed E-state index contributed by atoms with van der Waals surface area (Å²) in [7, 11) is 0. The summed E-state index contributed by atoms with van der Waals surface area (Å²) in [6, 6.07) is 0. The van der Waals surface area contributed by atoms with E-state index in [9.17, 15) is 15.0 Å². The highest BCUT2D eigenvalue weighted by Crippen LogP contribution is 2.75. The zero-order valence-electron chi connectivity index (χ0n) is 22.2. The Balaban J connectivity index is 1.61. The average Bonchev–Trinajstić information content (AvgIpc) is 2.74. The zero-order valence-corrected chi connectivity index (χ0v) is 22.2. The van der Waals surface area contributed by atoms with E-state index in [0.29, 0.717) is 23.7 Å². The van der Waals surface area contributed by atoms with Crippen LogP contribution in [0.3, 0.4) is 0 Å². The highest BCUT2D eigenvalue weighted by Gasteiger charge is 2.69. The standard InChI is InChI=1S/C30H48O3/c1-18-10-15-30(25(32)33)17-16-28(6)20(24(30)19(18)2)8-9-22-27(5)13-12-23(31)26(3,4)21(27)11-14-29(22,28)7/h8,18-19,21-24,31H,9-17H2,1-7H3,(H,32,33)/t18-,19+,21+,22-,23+,24-,27+,28-,29-,30-/m1/s1. The summed E-state index contributed by atoms with van der Waals surface area (Å²) >= 11 is 0. The molecule has 0 aromatic carbocycles. The molecule has 10 atom stereocenters. The van der Waals surface area contributed by atoms with Crippen molar-refractivity contribution in [2.45, 2.75) is 112 Å². The number of allylic oxidation sites excluding steroid dienone is 2. The van der Waals surface area contributed by atoms with Gasteiger partial charge in [0.25, 0.3) is 0 Å². The van der Waals surface area contributed by atoms with Crippen molar-refractivity contribution in [3.63, 3.8) is 0 Å². The van der Waals surface area contributed by atoms with Crippen molar-refractivity contribution in [3.05, 3.63) is 11.6 Å². The van der Waals surface area contributed by atoms with E-state index in [0.717, 1.165) is 44.9 Å². The van der Waals surface area contributed by atoms with Crippen molar-refractivity contribution >= 4 is 5.97 Å². The number of carboxylic acids is 1. The van der Waals surface area contributed by atoms with Gasteiger partial charge < -0.3 is 10.2 Å². The Morgan fingerprint density at radius 3 is 2.27 bits per heavy atom. The number of aliphatic hydroxyl groups is 1. The van der Waals surface area contributed by atoms with E-state index >= 15 is 0 Å². The molecule has 0 unspecified atom stereocenters. The number of hydrogen-bond donors (Lipinski definition) is 2. The summed E-state index contributed by atoms with van der Waals surface area (Å²) in [6.45, 7) is 17.0. The molecule has 0 aromatic heterocycles. The molecule has 0 heterocycles. The molecule has 0 spiro atoms. The van der Waals surface area contributed by atoms with E-state index in [1.807, 2.05) is 0 Å². The van der Waals surface area contributed by atoms with Gasteiger partial charge in [-0.1, -0.05) is 60.1 Å². The van der Waals surface area contributed by atoms with Crippen LogP contribution in [0.1, 0.15) is 106 Å². The minimum atomic E-state index is -0.557. The van der Waals surface area contributed by atoms with Crippen molar-refractivity contribution in [2.24, 2.45) is 56.7 Å². The molecule has 0 saturated heterocycles. The number of hydrogen-bond acceptors (Lipinski definition) is 2. The second-order valence-corrected chi connectivity index (χ2v) is 14.5. The van der Waals surface area contributed by atoms with Crippen LogP contribution in [0, 0.1) is 56.7 Å². The molecule has 2 N–H and O–H groups in total. The molecular weight excluding hydrogens is 408 g/mol. The van der Waals surface area contributed by atoms with Crippen LogP contribution in [0.15, 0.2) is 11.6 Å². The minimum absolute atomic E-state index is 0.0302. The smallest absolute Gasteiger partial charge is 0.310 e. The molecule has 0 radical (unpaired) electrons. The Kier molecular flexibility index (Phi) is 5.15. The normalized spacial score (nSPS) is 55.3. The monoisotopic (exact) mass is 456 g/mol. The largest absolute Gasteiger partial charge is 0.481 e. The van der Waals surface area contributed by atoms with Crippen LogP contribution < -0.4 is 0 Å². The lowest BCUT2D eigenvalue weighted by Crippen LogP contribution is -2.65. The second kappa shape index (κ2) is 7.11. The number of rotatable bonds is 1. The fraction of sp³-hybridized carbons (Fsp3) is 0.900. The lowest BCUT2D eigenvalue weighted by Gasteiger charge is -2.71. The van der Waals surface area contributed by atoms with Gasteiger partial charge in [-0.15, -0.1) is 0 Å². The fourth-order valence-corrected chi connectivity index (χ4v) is 10.8. The Morgan fingerprint density at radius 2 is 1.61 bits per heavy atom. The highest BCUT2D eigenvalue weighted by molar-refractivity contribution is 5.76. The van der Waals surface area contributed by atoms with Crippen molar-refractivity contribution < 1.29 is 15.0 Å². The molecule has 5 rings (SSSR count). The predicted octanol–water partition coefficient (Wildman–Crippen LogP) is 7.09. The van der Waals surface area contributed by atoms with E-state index in [4.69, 9.17) is 0 Å². The van der Waals surface area contributed by atoms with Crippen LogP contribution in [-0.2, 0) is 4.79 Å². The molecule has 3 heteroatoms. The van der Waals surface area contributed by atoms with Crippen LogP contribution >= 0.6 is 0 Å². The topological polar surface area (TPSA) is 57.5 Å². The van der Waals surface area contributed by atoms with Crippen molar-refractivity contribution in [1.29, 1.82) is 0 Å². The summed E-state index contributed by atoms with van der Waals surface area (Å²) in [5.41, 5.74) is 1.46. The molecule has 5 aliphatic carbocycles. The zero-order chi connectivity index (χ0) is 24.2. The molecule has 4 fully saturated rings. The summed E-state index contributed by atoms with van der Waals surface area (Å²) in [6.07, 6.45) is 11.6. The van der Waals surface area contributed by atoms with E-state index in [1.54, 1.807) is 0 Å². The van der Waals surface area contributed by atoms with Gasteiger partial charge in [-0.3, -0.25) is 4.79 Å². The summed E-state index contributed by atoms with van der Waals surface area (Å²) in [4.78, 5) is 12.8. The Hall–Kier alpha value is -0.830. The van der Waals surface area contributed by atoms with Gasteiger partial charge in [0.2, 0.25) is 0 Å². The SMILES string of the molecule is C[C@H]1[C@H](C)CC[C@@]2(C(=O)O)CC[C@]3(C)C(=CC[C@@H]4[C@@]5(C)CC[C@H](O)C(C)(C)[C@@H]5CC[C@]43C)[C@@H]12. The van der Waals surface area contributed by atoms with Crippen molar-refractivity contribution in [3.8, 4) is 0 Å². The third-order valence-corrected chi connectivity index (χ3v) is 13.4. The van der Waals surface area contributed by atoms with Gasteiger partial charge in [0, 0.05) is 0 Å². The first kappa shape index (κ1) is 23.9. The maximum Gasteiger partial charge on any atom is 0.310 e. The Bertz CT molecular complexity index is 874. The number of carbonyl (C=O) groups is 1. The van der Waals surface area contributed by atoms with Gasteiger partial charge in [0.05, 0.1) is 11.5 Å². The maximum atomic E-state index is 12.8. The summed E-state index contributed by atoms with van der Waals surface area (Å²) in [5, 5.41) is 21.4. The van der Waals surface area contributed by atoms with E-state index in [2.05, 4.69) is 54.5 Å². The van der Waals surface area contributed by atoms with Gasteiger partial charge in [0.15, 0.2) is 0 Å². The van der Waals surface area contributed by atoms with E-state index < -0.39 is 11.4 Å². The fourth-order valence-electron chi connectivity index (χ4n) is 10.8. The molecule has 5 aliphatic rings.